The fourth-order valence-corrected chi connectivity index (χ4v) is 3.80. The molecule has 138 valence electrons. The van der Waals surface area contributed by atoms with E-state index in [1.807, 2.05) is 62.5 Å². The van der Waals surface area contributed by atoms with E-state index in [0.29, 0.717) is 10.7 Å². The van der Waals surface area contributed by atoms with Crippen molar-refractivity contribution >= 4 is 34.0 Å². The van der Waals surface area contributed by atoms with E-state index in [1.54, 1.807) is 0 Å². The predicted octanol–water partition coefficient (Wildman–Crippen LogP) is 4.95. The fourth-order valence-electron chi connectivity index (χ4n) is 3.09. The van der Waals surface area contributed by atoms with Crippen molar-refractivity contribution < 1.29 is 9.59 Å². The van der Waals surface area contributed by atoms with Gasteiger partial charge in [-0.1, -0.05) is 29.8 Å². The number of aryl methyl sites for hydroxylation is 3. The summed E-state index contributed by atoms with van der Waals surface area (Å²) in [5.74, 6) is -0.255. The molecule has 27 heavy (non-hydrogen) atoms. The Morgan fingerprint density at radius 3 is 2.19 bits per heavy atom. The molecule has 0 fully saturated rings. The average molecular weight is 379 g/mol. The zero-order valence-electron chi connectivity index (χ0n) is 15.7. The number of thiazole rings is 1. The van der Waals surface area contributed by atoms with Gasteiger partial charge in [-0.05, 0) is 44.0 Å². The Hall–Kier alpha value is -2.99. The van der Waals surface area contributed by atoms with Crippen molar-refractivity contribution in [3.8, 4) is 11.3 Å². The van der Waals surface area contributed by atoms with Crippen molar-refractivity contribution in [2.45, 2.75) is 27.7 Å². The molecule has 1 heterocycles. The summed E-state index contributed by atoms with van der Waals surface area (Å²) in [5.41, 5.74) is 6.18. The minimum atomic E-state index is -0.146. The van der Waals surface area contributed by atoms with Gasteiger partial charge < -0.3 is 5.32 Å². The maximum atomic E-state index is 12.7. The monoisotopic (exact) mass is 379 g/mol. The van der Waals surface area contributed by atoms with Gasteiger partial charge in [-0.3, -0.25) is 14.9 Å². The van der Waals surface area contributed by atoms with Gasteiger partial charge in [0.05, 0.1) is 5.69 Å². The highest BCUT2D eigenvalue weighted by molar-refractivity contribution is 7.14. The highest BCUT2D eigenvalue weighted by atomic mass is 32.1. The van der Waals surface area contributed by atoms with Gasteiger partial charge in [0.2, 0.25) is 5.91 Å². The highest BCUT2D eigenvalue weighted by Gasteiger charge is 2.15. The number of anilines is 2. The van der Waals surface area contributed by atoms with E-state index in [0.717, 1.165) is 33.6 Å². The maximum Gasteiger partial charge on any atom is 0.257 e. The Bertz CT molecular complexity index is 984. The van der Waals surface area contributed by atoms with Gasteiger partial charge >= 0.3 is 0 Å². The number of rotatable bonds is 4. The zero-order valence-corrected chi connectivity index (χ0v) is 16.5. The van der Waals surface area contributed by atoms with Crippen LogP contribution in [0.5, 0.6) is 0 Å². The van der Waals surface area contributed by atoms with Crippen molar-refractivity contribution in [3.63, 3.8) is 0 Å². The average Bonchev–Trinajstić information content (AvgIpc) is 3.02. The first-order valence-electron chi connectivity index (χ1n) is 8.56. The molecule has 0 saturated carbocycles. The van der Waals surface area contributed by atoms with Crippen molar-refractivity contribution in [2.24, 2.45) is 0 Å². The maximum absolute atomic E-state index is 12.7. The molecule has 0 aliphatic rings. The second-order valence-electron chi connectivity index (χ2n) is 6.52. The second-order valence-corrected chi connectivity index (χ2v) is 7.38. The number of hydrogen-bond donors (Lipinski definition) is 2. The molecule has 0 aliphatic heterocycles. The zero-order chi connectivity index (χ0) is 19.6. The summed E-state index contributed by atoms with van der Waals surface area (Å²) in [6.45, 7) is 7.38. The van der Waals surface area contributed by atoms with E-state index < -0.39 is 0 Å². The lowest BCUT2D eigenvalue weighted by atomic mass is 9.99. The summed E-state index contributed by atoms with van der Waals surface area (Å²) in [4.78, 5) is 28.3. The van der Waals surface area contributed by atoms with E-state index in [4.69, 9.17) is 0 Å². The SMILES string of the molecule is CC(=O)Nc1ccc(-c2csc(NC(=O)c3c(C)cc(C)cc3C)n2)cc1. The van der Waals surface area contributed by atoms with Crippen LogP contribution in [0.2, 0.25) is 0 Å². The van der Waals surface area contributed by atoms with Crippen LogP contribution in [0.1, 0.15) is 34.0 Å². The van der Waals surface area contributed by atoms with Crippen molar-refractivity contribution in [1.82, 2.24) is 4.98 Å². The third-order valence-electron chi connectivity index (χ3n) is 4.13. The molecule has 0 unspecified atom stereocenters. The lowest BCUT2D eigenvalue weighted by Crippen LogP contribution is -2.15. The first-order valence-corrected chi connectivity index (χ1v) is 9.44. The van der Waals surface area contributed by atoms with Gasteiger partial charge in [0.25, 0.3) is 5.91 Å². The normalized spacial score (nSPS) is 10.5. The number of nitrogens with one attached hydrogen (secondary N) is 2. The Labute approximate surface area is 162 Å². The standard InChI is InChI=1S/C21H21N3O2S/c1-12-9-13(2)19(14(3)10-12)20(26)24-21-23-18(11-27-21)16-5-7-17(8-6-16)22-15(4)25/h5-11H,1-4H3,(H,22,25)(H,23,24,26). The minimum Gasteiger partial charge on any atom is -0.326 e. The third kappa shape index (κ3) is 4.41. The van der Waals surface area contributed by atoms with Crippen LogP contribution < -0.4 is 10.6 Å². The smallest absolute Gasteiger partial charge is 0.257 e. The first kappa shape index (κ1) is 18.8. The van der Waals surface area contributed by atoms with Crippen LogP contribution in [0.25, 0.3) is 11.3 Å². The summed E-state index contributed by atoms with van der Waals surface area (Å²) < 4.78 is 0. The van der Waals surface area contributed by atoms with Crippen LogP contribution in [-0.2, 0) is 4.79 Å². The molecular formula is C21H21N3O2S. The summed E-state index contributed by atoms with van der Waals surface area (Å²) in [5, 5.41) is 8.09. The first-order chi connectivity index (χ1) is 12.8. The number of aromatic nitrogens is 1. The number of benzene rings is 2. The predicted molar refractivity (Wildman–Crippen MR) is 110 cm³/mol. The molecule has 1 aromatic heterocycles. The molecule has 2 aromatic carbocycles. The molecule has 2 amide bonds. The number of carbonyl (C=O) groups excluding carboxylic acids is 2. The Balaban J connectivity index is 1.76. The summed E-state index contributed by atoms with van der Waals surface area (Å²) >= 11 is 1.38. The van der Waals surface area contributed by atoms with E-state index in [2.05, 4.69) is 15.6 Å². The molecule has 5 nitrogen and oxygen atoms in total. The number of amides is 2. The van der Waals surface area contributed by atoms with Gasteiger partial charge in [-0.15, -0.1) is 11.3 Å². The number of nitrogens with zero attached hydrogens (tertiary/aromatic N) is 1. The van der Waals surface area contributed by atoms with Gasteiger partial charge in [-0.25, -0.2) is 4.98 Å². The molecule has 3 aromatic rings. The molecular weight excluding hydrogens is 358 g/mol. The van der Waals surface area contributed by atoms with Crippen molar-refractivity contribution in [1.29, 1.82) is 0 Å². The molecule has 0 radical (unpaired) electrons. The lowest BCUT2D eigenvalue weighted by molar-refractivity contribution is -0.114. The molecule has 0 saturated heterocycles. The minimum absolute atomic E-state index is 0.108. The van der Waals surface area contributed by atoms with Crippen LogP contribution in [0.3, 0.4) is 0 Å². The van der Waals surface area contributed by atoms with E-state index in [1.165, 1.54) is 18.3 Å². The quantitative estimate of drug-likeness (QED) is 0.674. The largest absolute Gasteiger partial charge is 0.326 e. The van der Waals surface area contributed by atoms with E-state index >= 15 is 0 Å². The second kappa shape index (κ2) is 7.72. The van der Waals surface area contributed by atoms with Crippen LogP contribution in [-0.4, -0.2) is 16.8 Å². The molecule has 0 aliphatic carbocycles. The molecule has 0 bridgehead atoms. The van der Waals surface area contributed by atoms with Gasteiger partial charge in [0.1, 0.15) is 0 Å². The fraction of sp³-hybridized carbons (Fsp3) is 0.190. The Morgan fingerprint density at radius 2 is 1.59 bits per heavy atom. The molecule has 0 atom stereocenters. The van der Waals surface area contributed by atoms with Gasteiger partial charge in [0.15, 0.2) is 5.13 Å². The van der Waals surface area contributed by atoms with E-state index in [-0.39, 0.29) is 11.8 Å². The van der Waals surface area contributed by atoms with Gasteiger partial charge in [-0.2, -0.15) is 0 Å². The molecule has 3 rings (SSSR count). The van der Waals surface area contributed by atoms with Crippen molar-refractivity contribution in [3.05, 3.63) is 64.0 Å². The molecule has 6 heteroatoms. The van der Waals surface area contributed by atoms with Crippen LogP contribution in [0.15, 0.2) is 41.8 Å². The summed E-state index contributed by atoms with van der Waals surface area (Å²) in [7, 11) is 0. The van der Waals surface area contributed by atoms with Crippen LogP contribution >= 0.6 is 11.3 Å². The van der Waals surface area contributed by atoms with Crippen molar-refractivity contribution in [2.75, 3.05) is 10.6 Å². The van der Waals surface area contributed by atoms with Crippen LogP contribution in [0, 0.1) is 20.8 Å². The molecule has 0 spiro atoms. The number of carbonyl (C=O) groups is 2. The van der Waals surface area contributed by atoms with E-state index in [9.17, 15) is 9.59 Å². The highest BCUT2D eigenvalue weighted by Crippen LogP contribution is 2.27. The Kier molecular flexibility index (Phi) is 5.37. The lowest BCUT2D eigenvalue weighted by Gasteiger charge is -2.10. The third-order valence-corrected chi connectivity index (χ3v) is 4.89. The summed E-state index contributed by atoms with van der Waals surface area (Å²) in [6.07, 6.45) is 0. The van der Waals surface area contributed by atoms with Crippen LogP contribution in [0.4, 0.5) is 10.8 Å². The number of hydrogen-bond acceptors (Lipinski definition) is 4. The topological polar surface area (TPSA) is 71.1 Å². The molecule has 2 N–H and O–H groups in total. The van der Waals surface area contributed by atoms with Gasteiger partial charge in [0, 0.05) is 29.1 Å². The Morgan fingerprint density at radius 1 is 0.963 bits per heavy atom. The summed E-state index contributed by atoms with van der Waals surface area (Å²) in [6, 6.07) is 11.4.